The Balaban J connectivity index is 1.87. The Morgan fingerprint density at radius 3 is 2.27 bits per heavy atom. The number of halogens is 3. The fraction of sp³-hybridized carbons (Fsp3) is 0.350. The molecule has 0 aliphatic heterocycles. The minimum Gasteiger partial charge on any atom is -0.492 e. The predicted octanol–water partition coefficient (Wildman–Crippen LogP) is 5.34. The molecular weight excluding hydrogens is 343 g/mol. The van der Waals surface area contributed by atoms with Gasteiger partial charge in [0.25, 0.3) is 0 Å². The fourth-order valence-corrected chi connectivity index (χ4v) is 2.13. The number of unbranched alkanes of at least 4 members (excludes halogenated alkanes) is 3. The third-order valence-electron chi connectivity index (χ3n) is 3.43. The summed E-state index contributed by atoms with van der Waals surface area (Å²) in [4.78, 5) is 4.20. The van der Waals surface area contributed by atoms with Gasteiger partial charge in [-0.25, -0.2) is 4.98 Å². The van der Waals surface area contributed by atoms with Crippen molar-refractivity contribution in [3.05, 3.63) is 53.9 Å². The molecule has 1 aromatic heterocycles. The molecule has 2 aromatic rings. The number of ether oxygens (including phenoxy) is 2. The van der Waals surface area contributed by atoms with E-state index in [4.69, 9.17) is 4.74 Å². The van der Waals surface area contributed by atoms with Crippen LogP contribution in [0.15, 0.2) is 42.6 Å². The molecule has 0 saturated heterocycles. The summed E-state index contributed by atoms with van der Waals surface area (Å²) in [7, 11) is 0. The van der Waals surface area contributed by atoms with Gasteiger partial charge < -0.3 is 9.47 Å². The summed E-state index contributed by atoms with van der Waals surface area (Å²) >= 11 is 0. The molecule has 3 nitrogen and oxygen atoms in total. The van der Waals surface area contributed by atoms with Crippen LogP contribution in [0.1, 0.15) is 43.9 Å². The van der Waals surface area contributed by atoms with Crippen molar-refractivity contribution >= 4 is 0 Å². The number of nitrogens with zero attached hydrogens (tertiary/aromatic N) is 1. The van der Waals surface area contributed by atoms with Crippen molar-refractivity contribution < 1.29 is 22.6 Å². The van der Waals surface area contributed by atoms with Gasteiger partial charge in [-0.2, -0.15) is 0 Å². The van der Waals surface area contributed by atoms with Crippen molar-refractivity contribution in [1.82, 2.24) is 4.98 Å². The van der Waals surface area contributed by atoms with Crippen LogP contribution < -0.4 is 9.47 Å². The number of aromatic nitrogens is 1. The van der Waals surface area contributed by atoms with Crippen molar-refractivity contribution in [3.8, 4) is 23.3 Å². The number of pyridine rings is 1. The molecule has 0 amide bonds. The summed E-state index contributed by atoms with van der Waals surface area (Å²) in [5.74, 6) is 6.13. The Labute approximate surface area is 151 Å². The second-order valence-electron chi connectivity index (χ2n) is 5.61. The van der Waals surface area contributed by atoms with Crippen molar-refractivity contribution in [2.45, 2.75) is 39.0 Å². The van der Waals surface area contributed by atoms with Gasteiger partial charge in [0.15, 0.2) is 0 Å². The van der Waals surface area contributed by atoms with E-state index in [1.54, 1.807) is 18.3 Å². The summed E-state index contributed by atoms with van der Waals surface area (Å²) in [6, 6.07) is 8.91. The molecule has 0 unspecified atom stereocenters. The zero-order valence-electron chi connectivity index (χ0n) is 14.5. The van der Waals surface area contributed by atoms with Crippen LogP contribution in [0.5, 0.6) is 11.5 Å². The number of benzene rings is 1. The molecule has 1 aromatic carbocycles. The minimum atomic E-state index is -4.70. The fourth-order valence-electron chi connectivity index (χ4n) is 2.13. The van der Waals surface area contributed by atoms with Crippen LogP contribution in [0.25, 0.3) is 0 Å². The third-order valence-corrected chi connectivity index (χ3v) is 3.43. The van der Waals surface area contributed by atoms with E-state index in [1.807, 2.05) is 0 Å². The molecule has 0 N–H and O–H groups in total. The molecule has 138 valence electrons. The van der Waals surface area contributed by atoms with Crippen molar-refractivity contribution in [3.63, 3.8) is 0 Å². The molecule has 0 spiro atoms. The Bertz CT molecular complexity index is 729. The Morgan fingerprint density at radius 1 is 0.923 bits per heavy atom. The molecule has 0 bridgehead atoms. The van der Waals surface area contributed by atoms with Crippen molar-refractivity contribution in [2.24, 2.45) is 0 Å². The van der Waals surface area contributed by atoms with E-state index in [-0.39, 0.29) is 5.75 Å². The molecule has 26 heavy (non-hydrogen) atoms. The average molecular weight is 363 g/mol. The molecule has 0 saturated carbocycles. The van der Waals surface area contributed by atoms with E-state index < -0.39 is 6.36 Å². The third kappa shape index (κ3) is 7.47. The molecule has 6 heteroatoms. The van der Waals surface area contributed by atoms with Crippen LogP contribution in [0.4, 0.5) is 13.2 Å². The first-order valence-corrected chi connectivity index (χ1v) is 8.43. The highest BCUT2D eigenvalue weighted by Crippen LogP contribution is 2.22. The first-order chi connectivity index (χ1) is 12.5. The number of rotatable bonds is 7. The minimum absolute atomic E-state index is 0.276. The van der Waals surface area contributed by atoms with Gasteiger partial charge in [-0.05, 0) is 48.7 Å². The standard InChI is InChI=1S/C20H20F3NO2/c1-2-3-4-5-14-25-19-13-10-17(24-15-19)9-6-16-7-11-18(12-8-16)26-20(21,22)23/h7-8,10-13,15H,2-5,14H2,1H3. The van der Waals surface area contributed by atoms with E-state index >= 15 is 0 Å². The van der Waals surface area contributed by atoms with E-state index in [0.717, 1.165) is 12.8 Å². The maximum Gasteiger partial charge on any atom is 0.573 e. The highest BCUT2D eigenvalue weighted by Gasteiger charge is 2.30. The lowest BCUT2D eigenvalue weighted by Gasteiger charge is -2.07. The molecule has 0 aliphatic rings. The maximum atomic E-state index is 12.1. The lowest BCUT2D eigenvalue weighted by atomic mass is 10.2. The van der Waals surface area contributed by atoms with Gasteiger partial charge in [0.05, 0.1) is 12.8 Å². The lowest BCUT2D eigenvalue weighted by molar-refractivity contribution is -0.274. The van der Waals surface area contributed by atoms with E-state index in [2.05, 4.69) is 28.5 Å². The number of alkyl halides is 3. The van der Waals surface area contributed by atoms with Gasteiger partial charge in [-0.15, -0.1) is 13.2 Å². The molecule has 0 fully saturated rings. The van der Waals surface area contributed by atoms with Crippen LogP contribution in [0, 0.1) is 11.8 Å². The predicted molar refractivity (Wildman–Crippen MR) is 93.0 cm³/mol. The molecule has 0 radical (unpaired) electrons. The molecular formula is C20H20F3NO2. The molecule has 2 rings (SSSR count). The highest BCUT2D eigenvalue weighted by atomic mass is 19.4. The van der Waals surface area contributed by atoms with Crippen LogP contribution in [0.3, 0.4) is 0 Å². The normalized spacial score (nSPS) is 10.8. The van der Waals surface area contributed by atoms with Crippen LogP contribution in [-0.4, -0.2) is 18.0 Å². The van der Waals surface area contributed by atoms with Gasteiger partial charge in [-0.1, -0.05) is 32.1 Å². The van der Waals surface area contributed by atoms with E-state index in [9.17, 15) is 13.2 Å². The van der Waals surface area contributed by atoms with Gasteiger partial charge in [0.2, 0.25) is 0 Å². The second-order valence-corrected chi connectivity index (χ2v) is 5.61. The van der Waals surface area contributed by atoms with Crippen LogP contribution in [0.2, 0.25) is 0 Å². The lowest BCUT2D eigenvalue weighted by Crippen LogP contribution is -2.16. The zero-order chi connectivity index (χ0) is 18.8. The molecule has 0 aliphatic carbocycles. The summed E-state index contributed by atoms with van der Waals surface area (Å²) in [5, 5.41) is 0. The first-order valence-electron chi connectivity index (χ1n) is 8.43. The van der Waals surface area contributed by atoms with Crippen LogP contribution >= 0.6 is 0 Å². The Kier molecular flexibility index (Phi) is 7.34. The number of hydrogen-bond acceptors (Lipinski definition) is 3. The molecule has 0 atom stereocenters. The van der Waals surface area contributed by atoms with E-state index in [0.29, 0.717) is 23.6 Å². The van der Waals surface area contributed by atoms with Gasteiger partial charge in [0, 0.05) is 5.56 Å². The van der Waals surface area contributed by atoms with Crippen molar-refractivity contribution in [1.29, 1.82) is 0 Å². The first kappa shape index (κ1) is 19.6. The highest BCUT2D eigenvalue weighted by molar-refractivity contribution is 5.42. The number of hydrogen-bond donors (Lipinski definition) is 0. The summed E-state index contributed by atoms with van der Waals surface area (Å²) in [6.45, 7) is 2.83. The van der Waals surface area contributed by atoms with Crippen molar-refractivity contribution in [2.75, 3.05) is 6.61 Å². The SMILES string of the molecule is CCCCCCOc1ccc(C#Cc2ccc(OC(F)(F)F)cc2)nc1. The van der Waals surface area contributed by atoms with Gasteiger partial charge in [-0.3, -0.25) is 0 Å². The van der Waals surface area contributed by atoms with Gasteiger partial charge in [0.1, 0.15) is 17.2 Å². The zero-order valence-corrected chi connectivity index (χ0v) is 14.5. The van der Waals surface area contributed by atoms with Crippen LogP contribution in [-0.2, 0) is 0 Å². The summed E-state index contributed by atoms with van der Waals surface area (Å²) in [5.41, 5.74) is 1.12. The largest absolute Gasteiger partial charge is 0.573 e. The van der Waals surface area contributed by atoms with E-state index in [1.165, 1.54) is 37.1 Å². The Morgan fingerprint density at radius 2 is 1.65 bits per heavy atom. The summed E-state index contributed by atoms with van der Waals surface area (Å²) < 4.78 is 45.7. The average Bonchev–Trinajstić information content (AvgIpc) is 2.61. The molecule has 1 heterocycles. The van der Waals surface area contributed by atoms with Gasteiger partial charge >= 0.3 is 6.36 Å². The topological polar surface area (TPSA) is 31.4 Å². The smallest absolute Gasteiger partial charge is 0.492 e. The summed E-state index contributed by atoms with van der Waals surface area (Å²) in [6.07, 6.45) is 1.48. The second kappa shape index (κ2) is 9.71. The maximum absolute atomic E-state index is 12.1. The Hall–Kier alpha value is -2.68. The monoisotopic (exact) mass is 363 g/mol. The quantitative estimate of drug-likeness (QED) is 0.492.